The van der Waals surface area contributed by atoms with Gasteiger partial charge in [0, 0.05) is 43.1 Å². The number of anilines is 1. The van der Waals surface area contributed by atoms with Gasteiger partial charge in [-0.15, -0.1) is 0 Å². The van der Waals surface area contributed by atoms with E-state index in [2.05, 4.69) is 20.5 Å². The number of piperazine rings is 1. The number of hydrogen-bond donors (Lipinski definition) is 0. The lowest BCUT2D eigenvalue weighted by molar-refractivity contribution is -0.121. The molecule has 0 spiro atoms. The highest BCUT2D eigenvalue weighted by Gasteiger charge is 2.25. The Morgan fingerprint density at radius 3 is 2.66 bits per heavy atom. The van der Waals surface area contributed by atoms with Crippen molar-refractivity contribution in [1.29, 1.82) is 5.26 Å². The Kier molecular flexibility index (Phi) is 5.61. The standard InChI is InChI=1S/C22H20ClN5O/c23-19-2-1-3-20(10-19)28-9-8-26(15-22(28)29)14-21-12-25-16-27(21)13-18-6-4-17(11-24)5-7-18/h1-7,10,12,16H,8-9,13-15H2/i11+2. The van der Waals surface area contributed by atoms with Crippen molar-refractivity contribution in [3.8, 4) is 6.07 Å². The molecule has 0 unspecified atom stereocenters. The third kappa shape index (κ3) is 4.48. The summed E-state index contributed by atoms with van der Waals surface area (Å²) >= 11 is 6.06. The van der Waals surface area contributed by atoms with E-state index in [0.717, 1.165) is 23.5 Å². The smallest absolute Gasteiger partial charge is 0.241 e. The SMILES string of the molecule is N#[14C]c1ccc(Cn2cncc2CN2CCN(c3cccc(Cl)c3)C(=O)C2)cc1. The van der Waals surface area contributed by atoms with Crippen LogP contribution in [0.25, 0.3) is 0 Å². The number of benzene rings is 2. The highest BCUT2D eigenvalue weighted by molar-refractivity contribution is 6.30. The first kappa shape index (κ1) is 19.2. The van der Waals surface area contributed by atoms with Gasteiger partial charge < -0.3 is 9.47 Å². The van der Waals surface area contributed by atoms with Gasteiger partial charge in [-0.05, 0) is 35.9 Å². The number of aromatic nitrogens is 2. The first-order valence-electron chi connectivity index (χ1n) is 9.39. The molecule has 0 aliphatic carbocycles. The zero-order valence-corrected chi connectivity index (χ0v) is 16.6. The van der Waals surface area contributed by atoms with Gasteiger partial charge in [0.05, 0.1) is 30.2 Å². The molecule has 0 radical (unpaired) electrons. The van der Waals surface area contributed by atoms with E-state index in [-0.39, 0.29) is 5.91 Å². The number of rotatable bonds is 5. The molecule has 1 aliphatic rings. The number of nitriles is 1. The van der Waals surface area contributed by atoms with Crippen LogP contribution in [0.4, 0.5) is 5.69 Å². The molecule has 0 atom stereocenters. The van der Waals surface area contributed by atoms with Crippen LogP contribution in [-0.4, -0.2) is 40.0 Å². The summed E-state index contributed by atoms with van der Waals surface area (Å²) in [7, 11) is 0. The number of hydrogen-bond acceptors (Lipinski definition) is 4. The molecule has 1 aromatic heterocycles. The van der Waals surface area contributed by atoms with Crippen molar-refractivity contribution in [2.75, 3.05) is 24.5 Å². The average Bonchev–Trinajstić information content (AvgIpc) is 3.15. The highest BCUT2D eigenvalue weighted by atomic mass is 35.5. The molecule has 0 N–H and O–H groups in total. The van der Waals surface area contributed by atoms with Crippen molar-refractivity contribution in [2.45, 2.75) is 13.1 Å². The third-order valence-corrected chi connectivity index (χ3v) is 5.27. The molecule has 0 saturated carbocycles. The number of nitrogens with zero attached hydrogens (tertiary/aromatic N) is 5. The van der Waals surface area contributed by atoms with Gasteiger partial charge in [-0.1, -0.05) is 29.8 Å². The minimum atomic E-state index is 0.0664. The van der Waals surface area contributed by atoms with Crippen LogP contribution in [0.5, 0.6) is 0 Å². The van der Waals surface area contributed by atoms with E-state index in [4.69, 9.17) is 16.9 Å². The molecular weight excluding hydrogens is 388 g/mol. The monoisotopic (exact) mass is 407 g/mol. The van der Waals surface area contributed by atoms with Gasteiger partial charge in [-0.3, -0.25) is 9.69 Å². The van der Waals surface area contributed by atoms with Crippen molar-refractivity contribution in [1.82, 2.24) is 14.5 Å². The highest BCUT2D eigenvalue weighted by Crippen LogP contribution is 2.22. The van der Waals surface area contributed by atoms with E-state index in [1.807, 2.05) is 48.7 Å². The molecule has 1 aliphatic heterocycles. The lowest BCUT2D eigenvalue weighted by Crippen LogP contribution is -2.50. The molecular formula is C22H20ClN5O. The van der Waals surface area contributed by atoms with E-state index in [1.165, 1.54) is 0 Å². The van der Waals surface area contributed by atoms with Crippen LogP contribution in [0.15, 0.2) is 61.1 Å². The Hall–Kier alpha value is -3.14. The average molecular weight is 408 g/mol. The molecule has 0 bridgehead atoms. The molecule has 29 heavy (non-hydrogen) atoms. The van der Waals surface area contributed by atoms with E-state index in [9.17, 15) is 4.79 Å². The second-order valence-corrected chi connectivity index (χ2v) is 7.49. The molecule has 3 aromatic rings. The van der Waals surface area contributed by atoms with Crippen molar-refractivity contribution in [3.63, 3.8) is 0 Å². The van der Waals surface area contributed by atoms with Crippen LogP contribution in [0, 0.1) is 11.3 Å². The second kappa shape index (κ2) is 8.48. The van der Waals surface area contributed by atoms with E-state index < -0.39 is 0 Å². The lowest BCUT2D eigenvalue weighted by atomic mass is 10.2. The van der Waals surface area contributed by atoms with Gasteiger partial charge in [0.25, 0.3) is 0 Å². The summed E-state index contributed by atoms with van der Waals surface area (Å²) in [6, 6.07) is 17.1. The zero-order valence-electron chi connectivity index (χ0n) is 15.8. The van der Waals surface area contributed by atoms with Gasteiger partial charge in [-0.25, -0.2) is 4.98 Å². The van der Waals surface area contributed by atoms with Crippen LogP contribution in [-0.2, 0) is 17.9 Å². The third-order valence-electron chi connectivity index (χ3n) is 5.04. The van der Waals surface area contributed by atoms with Gasteiger partial charge >= 0.3 is 0 Å². The van der Waals surface area contributed by atoms with Gasteiger partial charge in [0.15, 0.2) is 0 Å². The van der Waals surface area contributed by atoms with E-state index in [0.29, 0.717) is 36.8 Å². The van der Waals surface area contributed by atoms with E-state index >= 15 is 0 Å². The maximum atomic E-state index is 12.7. The summed E-state index contributed by atoms with van der Waals surface area (Å²) in [5.41, 5.74) is 3.65. The fourth-order valence-corrected chi connectivity index (χ4v) is 3.69. The summed E-state index contributed by atoms with van der Waals surface area (Å²) < 4.78 is 2.08. The molecule has 7 heteroatoms. The van der Waals surface area contributed by atoms with Crippen LogP contribution in [0.1, 0.15) is 16.8 Å². The minimum absolute atomic E-state index is 0.0664. The molecule has 2 heterocycles. The molecule has 4 rings (SSSR count). The van der Waals surface area contributed by atoms with Crippen molar-refractivity contribution >= 4 is 23.2 Å². The Labute approximate surface area is 174 Å². The van der Waals surface area contributed by atoms with Gasteiger partial charge in [0.2, 0.25) is 5.91 Å². The lowest BCUT2D eigenvalue weighted by Gasteiger charge is -2.34. The molecule has 1 amide bonds. The first-order valence-corrected chi connectivity index (χ1v) is 9.76. The minimum Gasteiger partial charge on any atom is -0.329 e. The summed E-state index contributed by atoms with van der Waals surface area (Å²) in [4.78, 5) is 20.9. The Morgan fingerprint density at radius 2 is 1.93 bits per heavy atom. The maximum Gasteiger partial charge on any atom is 0.241 e. The van der Waals surface area contributed by atoms with Crippen LogP contribution < -0.4 is 4.90 Å². The molecule has 146 valence electrons. The van der Waals surface area contributed by atoms with Crippen LogP contribution >= 0.6 is 11.6 Å². The van der Waals surface area contributed by atoms with Gasteiger partial charge in [-0.2, -0.15) is 5.26 Å². The fraction of sp³-hybridized carbons (Fsp3) is 0.227. The second-order valence-electron chi connectivity index (χ2n) is 7.06. The topological polar surface area (TPSA) is 65.2 Å². The number of carbonyl (C=O) groups excluding carboxylic acids is 1. The van der Waals surface area contributed by atoms with Crippen molar-refractivity contribution in [2.24, 2.45) is 0 Å². The summed E-state index contributed by atoms with van der Waals surface area (Å²) in [5.74, 6) is 0.0664. The van der Waals surface area contributed by atoms with Gasteiger partial charge in [0.1, 0.15) is 0 Å². The maximum absolute atomic E-state index is 12.7. The molecule has 2 aromatic carbocycles. The Balaban J connectivity index is 1.40. The molecule has 1 saturated heterocycles. The summed E-state index contributed by atoms with van der Waals surface area (Å²) in [6.07, 6.45) is 3.65. The normalized spacial score (nSPS) is 14.8. The Morgan fingerprint density at radius 1 is 1.10 bits per heavy atom. The number of carbonyl (C=O) groups is 1. The summed E-state index contributed by atoms with van der Waals surface area (Å²) in [6.45, 7) is 3.10. The number of halogens is 1. The van der Waals surface area contributed by atoms with E-state index in [1.54, 1.807) is 17.3 Å². The fourth-order valence-electron chi connectivity index (χ4n) is 3.51. The predicted molar refractivity (Wildman–Crippen MR) is 112 cm³/mol. The number of imidazole rings is 1. The Bertz CT molecular complexity index is 1050. The summed E-state index contributed by atoms with van der Waals surface area (Å²) in [5, 5.41) is 9.56. The predicted octanol–water partition coefficient (Wildman–Crippen LogP) is 3.31. The van der Waals surface area contributed by atoms with Crippen molar-refractivity contribution in [3.05, 3.63) is 82.9 Å². The number of amides is 1. The quantitative estimate of drug-likeness (QED) is 0.651. The first-order chi connectivity index (χ1) is 14.1. The van der Waals surface area contributed by atoms with Crippen LogP contribution in [0.3, 0.4) is 0 Å². The molecule has 6 nitrogen and oxygen atoms in total. The molecule has 1 fully saturated rings. The van der Waals surface area contributed by atoms with Crippen LogP contribution in [0.2, 0.25) is 5.02 Å². The van der Waals surface area contributed by atoms with Crippen molar-refractivity contribution < 1.29 is 4.79 Å². The zero-order chi connectivity index (χ0) is 20.2. The largest absolute Gasteiger partial charge is 0.329 e.